The Morgan fingerprint density at radius 2 is 2.43 bits per heavy atom. The molecule has 1 fully saturated rings. The number of nitrogens with zero attached hydrogens (tertiary/aromatic N) is 2. The van der Waals surface area contributed by atoms with Gasteiger partial charge in [-0.2, -0.15) is 0 Å². The summed E-state index contributed by atoms with van der Waals surface area (Å²) >= 11 is 0. The van der Waals surface area contributed by atoms with Crippen LogP contribution in [-0.2, 0) is 0 Å². The summed E-state index contributed by atoms with van der Waals surface area (Å²) in [5, 5.41) is 3.23. The first kappa shape index (κ1) is 9.40. The summed E-state index contributed by atoms with van der Waals surface area (Å²) in [6, 6.07) is 3.71. The Labute approximate surface area is 82.9 Å². The zero-order valence-electron chi connectivity index (χ0n) is 8.20. The molecule has 0 aliphatic carbocycles. The number of anilines is 1. The Balaban J connectivity index is 2.06. The van der Waals surface area contributed by atoms with Crippen molar-refractivity contribution in [1.82, 2.24) is 10.3 Å². The number of rotatable bonds is 2. The van der Waals surface area contributed by atoms with Crippen LogP contribution in [0.1, 0.15) is 6.42 Å². The molecule has 1 N–H and O–H groups in total. The van der Waals surface area contributed by atoms with Crippen LogP contribution in [0.15, 0.2) is 18.3 Å². The Kier molecular flexibility index (Phi) is 2.63. The molecular formula is C10H14FN3. The van der Waals surface area contributed by atoms with E-state index in [1.165, 1.54) is 12.3 Å². The first-order valence-corrected chi connectivity index (χ1v) is 4.83. The molecule has 1 unspecified atom stereocenters. The molecule has 1 atom stereocenters. The van der Waals surface area contributed by atoms with Crippen molar-refractivity contribution in [1.29, 1.82) is 0 Å². The van der Waals surface area contributed by atoms with Crippen molar-refractivity contribution in [3.05, 3.63) is 24.1 Å². The van der Waals surface area contributed by atoms with Crippen LogP contribution in [0.25, 0.3) is 0 Å². The van der Waals surface area contributed by atoms with Crippen molar-refractivity contribution in [2.24, 2.45) is 0 Å². The third-order valence-corrected chi connectivity index (χ3v) is 2.63. The minimum Gasteiger partial charge on any atom is -0.355 e. The van der Waals surface area contributed by atoms with Crippen molar-refractivity contribution in [3.63, 3.8) is 0 Å². The summed E-state index contributed by atoms with van der Waals surface area (Å²) < 4.78 is 12.6. The van der Waals surface area contributed by atoms with E-state index in [0.29, 0.717) is 6.04 Å². The molecule has 1 aliphatic heterocycles. The van der Waals surface area contributed by atoms with Crippen LogP contribution in [0.5, 0.6) is 0 Å². The zero-order valence-corrected chi connectivity index (χ0v) is 8.20. The zero-order chi connectivity index (χ0) is 9.97. The first-order valence-electron chi connectivity index (χ1n) is 4.83. The monoisotopic (exact) mass is 195 g/mol. The summed E-state index contributed by atoms with van der Waals surface area (Å²) in [6.45, 7) is 1.94. The predicted molar refractivity (Wildman–Crippen MR) is 53.9 cm³/mol. The number of hydrogen-bond acceptors (Lipinski definition) is 3. The lowest BCUT2D eigenvalue weighted by molar-refractivity contribution is 0.614. The van der Waals surface area contributed by atoms with Gasteiger partial charge in [0.1, 0.15) is 11.6 Å². The summed E-state index contributed by atoms with van der Waals surface area (Å²) in [4.78, 5) is 6.22. The molecule has 2 rings (SSSR count). The van der Waals surface area contributed by atoms with Gasteiger partial charge in [0, 0.05) is 19.1 Å². The van der Waals surface area contributed by atoms with Gasteiger partial charge in [-0.3, -0.25) is 0 Å². The van der Waals surface area contributed by atoms with Crippen molar-refractivity contribution < 1.29 is 4.39 Å². The molecule has 0 saturated carbocycles. The Morgan fingerprint density at radius 1 is 1.57 bits per heavy atom. The van der Waals surface area contributed by atoms with E-state index < -0.39 is 0 Å². The molecule has 0 radical (unpaired) electrons. The quantitative estimate of drug-likeness (QED) is 0.763. The van der Waals surface area contributed by atoms with Crippen LogP contribution < -0.4 is 10.2 Å². The van der Waals surface area contributed by atoms with Crippen LogP contribution in [-0.4, -0.2) is 31.2 Å². The molecule has 3 nitrogen and oxygen atoms in total. The van der Waals surface area contributed by atoms with Gasteiger partial charge < -0.3 is 10.2 Å². The van der Waals surface area contributed by atoms with Crippen molar-refractivity contribution in [2.45, 2.75) is 12.5 Å². The molecule has 1 aromatic rings. The molecule has 4 heteroatoms. The molecule has 1 aliphatic rings. The van der Waals surface area contributed by atoms with Crippen molar-refractivity contribution >= 4 is 5.82 Å². The van der Waals surface area contributed by atoms with Crippen LogP contribution >= 0.6 is 0 Å². The Bertz CT molecular complexity index is 299. The van der Waals surface area contributed by atoms with E-state index in [9.17, 15) is 4.39 Å². The highest BCUT2D eigenvalue weighted by molar-refractivity contribution is 5.39. The third-order valence-electron chi connectivity index (χ3n) is 2.63. The minimum absolute atomic E-state index is 0.280. The molecular weight excluding hydrogens is 181 g/mol. The minimum atomic E-state index is -0.280. The van der Waals surface area contributed by atoms with E-state index in [2.05, 4.69) is 15.2 Å². The molecule has 0 spiro atoms. The van der Waals surface area contributed by atoms with Crippen LogP contribution in [0.3, 0.4) is 0 Å². The second kappa shape index (κ2) is 3.92. The van der Waals surface area contributed by atoms with Crippen LogP contribution in [0.4, 0.5) is 10.2 Å². The van der Waals surface area contributed by atoms with E-state index in [1.54, 1.807) is 6.07 Å². The van der Waals surface area contributed by atoms with E-state index >= 15 is 0 Å². The number of halogens is 1. The van der Waals surface area contributed by atoms with Gasteiger partial charge in [0.25, 0.3) is 0 Å². The fourth-order valence-electron chi connectivity index (χ4n) is 1.76. The van der Waals surface area contributed by atoms with Crippen LogP contribution in [0.2, 0.25) is 0 Å². The number of nitrogens with one attached hydrogen (secondary N) is 1. The average molecular weight is 195 g/mol. The fourth-order valence-corrected chi connectivity index (χ4v) is 1.76. The smallest absolute Gasteiger partial charge is 0.141 e. The average Bonchev–Trinajstić information content (AvgIpc) is 2.67. The number of likely N-dealkylation sites (N-methyl/N-ethyl adjacent to an activating group) is 1. The van der Waals surface area contributed by atoms with Gasteiger partial charge in [0.05, 0.1) is 6.20 Å². The maximum atomic E-state index is 12.6. The van der Waals surface area contributed by atoms with Crippen molar-refractivity contribution in [2.75, 3.05) is 25.0 Å². The Morgan fingerprint density at radius 3 is 3.00 bits per heavy atom. The van der Waals surface area contributed by atoms with E-state index in [1.807, 2.05) is 7.05 Å². The highest BCUT2D eigenvalue weighted by Crippen LogP contribution is 2.17. The molecule has 1 saturated heterocycles. The molecule has 76 valence electrons. The van der Waals surface area contributed by atoms with E-state index in [-0.39, 0.29) is 5.82 Å². The van der Waals surface area contributed by atoms with Gasteiger partial charge in [0.2, 0.25) is 0 Å². The SMILES string of the molecule is CNC1CCN(c2ccc(F)cn2)C1. The molecule has 2 heterocycles. The summed E-state index contributed by atoms with van der Waals surface area (Å²) in [7, 11) is 1.96. The highest BCUT2D eigenvalue weighted by Gasteiger charge is 2.21. The van der Waals surface area contributed by atoms with Gasteiger partial charge in [-0.25, -0.2) is 9.37 Å². The third kappa shape index (κ3) is 1.85. The maximum absolute atomic E-state index is 12.6. The van der Waals surface area contributed by atoms with E-state index in [0.717, 1.165) is 25.3 Å². The number of hydrogen-bond donors (Lipinski definition) is 1. The van der Waals surface area contributed by atoms with Gasteiger partial charge >= 0.3 is 0 Å². The van der Waals surface area contributed by atoms with Crippen LogP contribution in [0, 0.1) is 5.82 Å². The normalized spacial score (nSPS) is 21.6. The lowest BCUT2D eigenvalue weighted by Crippen LogP contribution is -2.29. The second-order valence-corrected chi connectivity index (χ2v) is 3.55. The Hall–Kier alpha value is -1.16. The summed E-state index contributed by atoms with van der Waals surface area (Å²) in [5.41, 5.74) is 0. The van der Waals surface area contributed by atoms with Gasteiger partial charge in [0.15, 0.2) is 0 Å². The standard InChI is InChI=1S/C10H14FN3/c1-12-9-4-5-14(7-9)10-3-2-8(11)6-13-10/h2-3,6,9,12H,4-5,7H2,1H3. The molecule has 14 heavy (non-hydrogen) atoms. The number of pyridine rings is 1. The lowest BCUT2D eigenvalue weighted by Gasteiger charge is -2.16. The second-order valence-electron chi connectivity index (χ2n) is 3.55. The number of aromatic nitrogens is 1. The molecule has 0 bridgehead atoms. The van der Waals surface area contributed by atoms with E-state index in [4.69, 9.17) is 0 Å². The van der Waals surface area contributed by atoms with Gasteiger partial charge in [-0.05, 0) is 25.6 Å². The highest BCUT2D eigenvalue weighted by atomic mass is 19.1. The molecule has 0 aromatic carbocycles. The lowest BCUT2D eigenvalue weighted by atomic mass is 10.3. The molecule has 0 amide bonds. The van der Waals surface area contributed by atoms with Gasteiger partial charge in [-0.15, -0.1) is 0 Å². The first-order chi connectivity index (χ1) is 6.79. The topological polar surface area (TPSA) is 28.2 Å². The predicted octanol–water partition coefficient (Wildman–Crippen LogP) is 1.02. The van der Waals surface area contributed by atoms with Gasteiger partial charge in [-0.1, -0.05) is 0 Å². The summed E-state index contributed by atoms with van der Waals surface area (Å²) in [5.74, 6) is 0.585. The summed E-state index contributed by atoms with van der Waals surface area (Å²) in [6.07, 6.45) is 2.39. The molecule has 1 aromatic heterocycles. The largest absolute Gasteiger partial charge is 0.355 e. The maximum Gasteiger partial charge on any atom is 0.141 e. The van der Waals surface area contributed by atoms with Crippen molar-refractivity contribution in [3.8, 4) is 0 Å². The fraction of sp³-hybridized carbons (Fsp3) is 0.500.